The van der Waals surface area contributed by atoms with E-state index < -0.39 is 29.6 Å². The number of carboxylic acids is 1. The molecule has 1 N–H and O–H groups in total. The molecular weight excluding hydrogens is 268 g/mol. The van der Waals surface area contributed by atoms with Crippen LogP contribution in [-0.2, 0) is 11.3 Å². The molecule has 0 spiro atoms. The lowest BCUT2D eigenvalue weighted by molar-refractivity contribution is -0.139. The molecule has 0 unspecified atom stereocenters. The Hall–Kier alpha value is -1.98. The van der Waals surface area contributed by atoms with Crippen LogP contribution < -0.4 is 0 Å². The van der Waals surface area contributed by atoms with E-state index >= 15 is 0 Å². The Balaban J connectivity index is 2.03. The summed E-state index contributed by atoms with van der Waals surface area (Å²) in [7, 11) is 1.47. The first kappa shape index (κ1) is 14.4. The Morgan fingerprint density at radius 2 is 1.80 bits per heavy atom. The summed E-state index contributed by atoms with van der Waals surface area (Å²) in [6.45, 7) is 1.43. The molecule has 0 heterocycles. The zero-order valence-electron chi connectivity index (χ0n) is 11.2. The summed E-state index contributed by atoms with van der Waals surface area (Å²) in [5, 5.41) is 8.77. The van der Waals surface area contributed by atoms with E-state index in [0.717, 1.165) is 0 Å². The molecule has 1 aliphatic rings. The SMILES string of the molecule is CN(Cc1ccc(C(=O)O)cc1)C(=O)[C@@]1(C)CC1(F)F. The number of alkyl halides is 2. The number of hydrogen-bond acceptors (Lipinski definition) is 2. The Morgan fingerprint density at radius 3 is 2.20 bits per heavy atom. The van der Waals surface area contributed by atoms with Crippen LogP contribution in [0.1, 0.15) is 29.3 Å². The highest BCUT2D eigenvalue weighted by Crippen LogP contribution is 2.61. The average Bonchev–Trinajstić information content (AvgIpc) is 2.89. The van der Waals surface area contributed by atoms with Crippen LogP contribution in [0.3, 0.4) is 0 Å². The normalized spacial score (nSPS) is 23.2. The number of nitrogens with zero attached hydrogens (tertiary/aromatic N) is 1. The van der Waals surface area contributed by atoms with Crippen LogP contribution in [0.2, 0.25) is 0 Å². The molecule has 1 saturated carbocycles. The number of aromatic carboxylic acids is 1. The predicted octanol–water partition coefficient (Wildman–Crippen LogP) is 2.39. The highest BCUT2D eigenvalue weighted by molar-refractivity contribution is 5.88. The largest absolute Gasteiger partial charge is 0.478 e. The number of carbonyl (C=O) groups excluding carboxylic acids is 1. The number of benzene rings is 1. The van der Waals surface area contributed by atoms with Crippen LogP contribution in [0.25, 0.3) is 0 Å². The van der Waals surface area contributed by atoms with Gasteiger partial charge in [-0.2, -0.15) is 0 Å². The van der Waals surface area contributed by atoms with Crippen LogP contribution in [-0.4, -0.2) is 34.9 Å². The summed E-state index contributed by atoms with van der Waals surface area (Å²) >= 11 is 0. The number of carboxylic acid groups (broad SMARTS) is 1. The van der Waals surface area contributed by atoms with E-state index in [9.17, 15) is 18.4 Å². The molecule has 20 heavy (non-hydrogen) atoms. The summed E-state index contributed by atoms with van der Waals surface area (Å²) in [5.41, 5.74) is -0.759. The van der Waals surface area contributed by atoms with Crippen molar-refractivity contribution in [1.29, 1.82) is 0 Å². The number of amides is 1. The van der Waals surface area contributed by atoms with Gasteiger partial charge < -0.3 is 10.0 Å². The highest BCUT2D eigenvalue weighted by Gasteiger charge is 2.73. The number of hydrogen-bond donors (Lipinski definition) is 1. The summed E-state index contributed by atoms with van der Waals surface area (Å²) < 4.78 is 26.3. The van der Waals surface area contributed by atoms with Crippen LogP contribution in [0.15, 0.2) is 24.3 Å². The maximum atomic E-state index is 13.2. The summed E-state index contributed by atoms with van der Waals surface area (Å²) in [6, 6.07) is 5.98. The van der Waals surface area contributed by atoms with Crippen LogP contribution in [0.5, 0.6) is 0 Å². The van der Waals surface area contributed by atoms with Gasteiger partial charge in [0.25, 0.3) is 5.92 Å². The molecule has 0 aromatic heterocycles. The van der Waals surface area contributed by atoms with Crippen molar-refractivity contribution in [3.63, 3.8) is 0 Å². The van der Waals surface area contributed by atoms with Gasteiger partial charge >= 0.3 is 5.97 Å². The maximum absolute atomic E-state index is 13.2. The third-order valence-electron chi connectivity index (χ3n) is 3.70. The Kier molecular flexibility index (Phi) is 3.28. The minimum atomic E-state index is -2.93. The number of rotatable bonds is 4. The molecule has 1 aromatic rings. The van der Waals surface area contributed by atoms with Gasteiger partial charge in [-0.15, -0.1) is 0 Å². The van der Waals surface area contributed by atoms with Gasteiger partial charge in [-0.3, -0.25) is 4.79 Å². The third-order valence-corrected chi connectivity index (χ3v) is 3.70. The zero-order chi connectivity index (χ0) is 15.1. The molecule has 0 radical (unpaired) electrons. The second-order valence-corrected chi connectivity index (χ2v) is 5.38. The van der Waals surface area contributed by atoms with Crippen molar-refractivity contribution < 1.29 is 23.5 Å². The van der Waals surface area contributed by atoms with Crippen LogP contribution in [0, 0.1) is 5.41 Å². The Bertz CT molecular complexity index is 556. The van der Waals surface area contributed by atoms with Crippen molar-refractivity contribution >= 4 is 11.9 Å². The number of halogens is 2. The highest BCUT2D eigenvalue weighted by atomic mass is 19.3. The summed E-state index contributed by atoms with van der Waals surface area (Å²) in [6.07, 6.45) is -0.416. The zero-order valence-corrected chi connectivity index (χ0v) is 11.2. The molecule has 0 saturated heterocycles. The number of carbonyl (C=O) groups is 2. The molecule has 0 bridgehead atoms. The second-order valence-electron chi connectivity index (χ2n) is 5.38. The average molecular weight is 283 g/mol. The molecule has 2 rings (SSSR count). The quantitative estimate of drug-likeness (QED) is 0.923. The molecule has 0 aliphatic heterocycles. The van der Waals surface area contributed by atoms with Crippen molar-refractivity contribution in [3.8, 4) is 0 Å². The lowest BCUT2D eigenvalue weighted by Gasteiger charge is -2.21. The Morgan fingerprint density at radius 1 is 1.30 bits per heavy atom. The first-order chi connectivity index (χ1) is 9.17. The second kappa shape index (κ2) is 4.54. The van der Waals surface area contributed by atoms with Gasteiger partial charge in [-0.25, -0.2) is 13.6 Å². The van der Waals surface area contributed by atoms with E-state index in [1.54, 1.807) is 12.1 Å². The van der Waals surface area contributed by atoms with Crippen molar-refractivity contribution in [2.45, 2.75) is 25.8 Å². The molecule has 6 heteroatoms. The molecule has 4 nitrogen and oxygen atoms in total. The van der Waals surface area contributed by atoms with Gasteiger partial charge in [-0.1, -0.05) is 12.1 Å². The topological polar surface area (TPSA) is 57.6 Å². The van der Waals surface area contributed by atoms with E-state index in [0.29, 0.717) is 5.56 Å². The van der Waals surface area contributed by atoms with E-state index in [1.807, 2.05) is 0 Å². The van der Waals surface area contributed by atoms with Gasteiger partial charge in [0.15, 0.2) is 0 Å². The molecule has 1 amide bonds. The molecule has 1 aromatic carbocycles. The fraction of sp³-hybridized carbons (Fsp3) is 0.429. The molecular formula is C14H15F2NO3. The molecule has 1 aliphatic carbocycles. The Labute approximate surface area is 115 Å². The smallest absolute Gasteiger partial charge is 0.335 e. The van der Waals surface area contributed by atoms with E-state index in [2.05, 4.69) is 0 Å². The van der Waals surface area contributed by atoms with E-state index in [4.69, 9.17) is 5.11 Å². The van der Waals surface area contributed by atoms with E-state index in [-0.39, 0.29) is 12.1 Å². The van der Waals surface area contributed by atoms with Gasteiger partial charge in [0.05, 0.1) is 5.56 Å². The minimum absolute atomic E-state index is 0.142. The van der Waals surface area contributed by atoms with Crippen LogP contribution >= 0.6 is 0 Å². The van der Waals surface area contributed by atoms with Gasteiger partial charge in [0.1, 0.15) is 5.41 Å². The fourth-order valence-electron chi connectivity index (χ4n) is 2.15. The molecule has 1 fully saturated rings. The van der Waals surface area contributed by atoms with Crippen LogP contribution in [0.4, 0.5) is 8.78 Å². The van der Waals surface area contributed by atoms with Crippen molar-refractivity contribution in [1.82, 2.24) is 4.90 Å². The van der Waals surface area contributed by atoms with Crippen molar-refractivity contribution in [2.24, 2.45) is 5.41 Å². The van der Waals surface area contributed by atoms with Crippen molar-refractivity contribution in [3.05, 3.63) is 35.4 Å². The molecule has 1 atom stereocenters. The lowest BCUT2D eigenvalue weighted by Crippen LogP contribution is -2.35. The summed E-state index contributed by atoms with van der Waals surface area (Å²) in [4.78, 5) is 23.9. The monoisotopic (exact) mass is 283 g/mol. The van der Waals surface area contributed by atoms with Gasteiger partial charge in [0.2, 0.25) is 5.91 Å². The van der Waals surface area contributed by atoms with Gasteiger partial charge in [0, 0.05) is 20.0 Å². The lowest BCUT2D eigenvalue weighted by atomic mass is 10.1. The summed E-state index contributed by atoms with van der Waals surface area (Å²) in [5.74, 6) is -4.55. The van der Waals surface area contributed by atoms with Gasteiger partial charge in [-0.05, 0) is 24.6 Å². The fourth-order valence-corrected chi connectivity index (χ4v) is 2.15. The van der Waals surface area contributed by atoms with Crippen molar-refractivity contribution in [2.75, 3.05) is 7.05 Å². The third kappa shape index (κ3) is 2.37. The first-order valence-electron chi connectivity index (χ1n) is 6.13. The van der Waals surface area contributed by atoms with E-state index in [1.165, 1.54) is 31.0 Å². The predicted molar refractivity (Wildman–Crippen MR) is 67.5 cm³/mol. The maximum Gasteiger partial charge on any atom is 0.335 e. The first-order valence-corrected chi connectivity index (χ1v) is 6.13. The molecule has 108 valence electrons. The minimum Gasteiger partial charge on any atom is -0.478 e. The standard InChI is InChI=1S/C14H15F2NO3/c1-13(8-14(13,15)16)12(20)17(2)7-9-3-5-10(6-4-9)11(18)19/h3-6H,7-8H2,1-2H3,(H,18,19)/t13-/m1/s1.